The maximum atomic E-state index is 12.2. The SMILES string of the molecule is C=CCC(NS(=O)(=O)c1ccccc1I)C(=O)OC. The molecule has 0 amide bonds. The Morgan fingerprint density at radius 3 is 2.68 bits per heavy atom. The van der Waals surface area contributed by atoms with Gasteiger partial charge in [0.05, 0.1) is 12.0 Å². The lowest BCUT2D eigenvalue weighted by atomic mass is 10.2. The molecule has 0 aromatic heterocycles. The van der Waals surface area contributed by atoms with E-state index in [4.69, 9.17) is 0 Å². The van der Waals surface area contributed by atoms with Crippen LogP contribution in [0, 0.1) is 3.57 Å². The van der Waals surface area contributed by atoms with Gasteiger partial charge in [0.2, 0.25) is 10.0 Å². The first kappa shape index (κ1) is 16.1. The molecule has 0 aliphatic carbocycles. The van der Waals surface area contributed by atoms with E-state index in [2.05, 4.69) is 16.0 Å². The highest BCUT2D eigenvalue weighted by molar-refractivity contribution is 14.1. The summed E-state index contributed by atoms with van der Waals surface area (Å²) in [6.45, 7) is 3.49. The van der Waals surface area contributed by atoms with Crippen LogP contribution in [0.3, 0.4) is 0 Å². The highest BCUT2D eigenvalue weighted by Crippen LogP contribution is 2.18. The number of carbonyl (C=O) groups is 1. The Balaban J connectivity index is 3.04. The molecule has 1 atom stereocenters. The number of hydrogen-bond acceptors (Lipinski definition) is 4. The number of rotatable bonds is 6. The van der Waals surface area contributed by atoms with Crippen LogP contribution in [0.4, 0.5) is 0 Å². The standard InChI is InChI=1S/C12H14INO4S/c1-3-6-10(12(15)18-2)14-19(16,17)11-8-5-4-7-9(11)13/h3-5,7-8,10,14H,1,6H2,2H3. The number of sulfonamides is 1. The van der Waals surface area contributed by atoms with Gasteiger partial charge in [0.25, 0.3) is 0 Å². The van der Waals surface area contributed by atoms with Crippen LogP contribution in [0.1, 0.15) is 6.42 Å². The van der Waals surface area contributed by atoms with E-state index in [-0.39, 0.29) is 11.3 Å². The molecule has 1 N–H and O–H groups in total. The molecule has 1 aromatic carbocycles. The maximum absolute atomic E-state index is 12.2. The fraction of sp³-hybridized carbons (Fsp3) is 0.250. The number of ether oxygens (including phenoxy) is 1. The number of nitrogens with one attached hydrogen (secondary N) is 1. The molecule has 0 radical (unpaired) electrons. The zero-order valence-electron chi connectivity index (χ0n) is 10.3. The van der Waals surface area contributed by atoms with Gasteiger partial charge in [0.1, 0.15) is 6.04 Å². The molecule has 0 saturated heterocycles. The Bertz CT molecular complexity index is 571. The van der Waals surface area contributed by atoms with E-state index in [0.29, 0.717) is 3.57 Å². The lowest BCUT2D eigenvalue weighted by Gasteiger charge is -2.15. The molecule has 0 saturated carbocycles. The van der Waals surface area contributed by atoms with Gasteiger partial charge >= 0.3 is 5.97 Å². The minimum absolute atomic E-state index is 0.133. The van der Waals surface area contributed by atoms with E-state index in [0.717, 1.165) is 0 Å². The first-order valence-corrected chi connectivity index (χ1v) is 7.94. The van der Waals surface area contributed by atoms with Crippen LogP contribution in [0.25, 0.3) is 0 Å². The highest BCUT2D eigenvalue weighted by atomic mass is 127. The quantitative estimate of drug-likeness (QED) is 0.452. The second kappa shape index (κ2) is 7.01. The van der Waals surface area contributed by atoms with Gasteiger partial charge in [-0.05, 0) is 41.1 Å². The summed E-state index contributed by atoms with van der Waals surface area (Å²) in [5.41, 5.74) is 0. The first-order chi connectivity index (χ1) is 8.92. The molecule has 0 heterocycles. The molecule has 104 valence electrons. The van der Waals surface area contributed by atoms with Crippen molar-refractivity contribution < 1.29 is 17.9 Å². The van der Waals surface area contributed by atoms with Crippen molar-refractivity contribution in [1.29, 1.82) is 0 Å². The molecule has 1 aromatic rings. The summed E-state index contributed by atoms with van der Waals surface area (Å²) >= 11 is 1.92. The number of esters is 1. The van der Waals surface area contributed by atoms with E-state index >= 15 is 0 Å². The average molecular weight is 395 g/mol. The van der Waals surface area contributed by atoms with Crippen LogP contribution < -0.4 is 4.72 Å². The largest absolute Gasteiger partial charge is 0.468 e. The zero-order chi connectivity index (χ0) is 14.5. The molecule has 0 fully saturated rings. The van der Waals surface area contributed by atoms with Crippen molar-refractivity contribution in [3.8, 4) is 0 Å². The van der Waals surface area contributed by atoms with E-state index in [1.54, 1.807) is 18.2 Å². The topological polar surface area (TPSA) is 72.5 Å². The van der Waals surface area contributed by atoms with E-state index < -0.39 is 22.0 Å². The lowest BCUT2D eigenvalue weighted by Crippen LogP contribution is -2.41. The number of benzene rings is 1. The van der Waals surface area contributed by atoms with Crippen LogP contribution >= 0.6 is 22.6 Å². The van der Waals surface area contributed by atoms with Gasteiger partial charge in [0, 0.05) is 3.57 Å². The Morgan fingerprint density at radius 1 is 1.53 bits per heavy atom. The molecule has 19 heavy (non-hydrogen) atoms. The van der Waals surface area contributed by atoms with E-state index in [1.807, 2.05) is 22.6 Å². The van der Waals surface area contributed by atoms with Crippen LogP contribution in [0.5, 0.6) is 0 Å². The normalized spacial score (nSPS) is 12.7. The highest BCUT2D eigenvalue weighted by Gasteiger charge is 2.26. The summed E-state index contributed by atoms with van der Waals surface area (Å²) in [6.07, 6.45) is 1.62. The molecule has 0 spiro atoms. The minimum Gasteiger partial charge on any atom is -0.468 e. The van der Waals surface area contributed by atoms with Crippen LogP contribution in [-0.4, -0.2) is 27.5 Å². The van der Waals surface area contributed by atoms with Crippen molar-refractivity contribution in [3.63, 3.8) is 0 Å². The number of hydrogen-bond donors (Lipinski definition) is 1. The molecular weight excluding hydrogens is 381 g/mol. The fourth-order valence-electron chi connectivity index (χ4n) is 1.41. The molecule has 1 rings (SSSR count). The molecular formula is C12H14INO4S. The van der Waals surface area contributed by atoms with Crippen molar-refractivity contribution >= 4 is 38.6 Å². The minimum atomic E-state index is -3.77. The van der Waals surface area contributed by atoms with E-state index in [1.165, 1.54) is 19.3 Å². The second-order valence-corrected chi connectivity index (χ2v) is 6.50. The van der Waals surface area contributed by atoms with Gasteiger partial charge < -0.3 is 4.74 Å². The molecule has 0 aliphatic rings. The monoisotopic (exact) mass is 395 g/mol. The summed E-state index contributed by atoms with van der Waals surface area (Å²) in [5, 5.41) is 0. The van der Waals surface area contributed by atoms with Crippen LogP contribution in [0.15, 0.2) is 41.8 Å². The summed E-state index contributed by atoms with van der Waals surface area (Å²) in [6, 6.07) is 5.55. The fourth-order valence-corrected chi connectivity index (χ4v) is 3.95. The molecule has 0 bridgehead atoms. The Kier molecular flexibility index (Phi) is 5.95. The van der Waals surface area contributed by atoms with Gasteiger partial charge in [-0.3, -0.25) is 4.79 Å². The first-order valence-electron chi connectivity index (χ1n) is 5.38. The Morgan fingerprint density at radius 2 is 2.16 bits per heavy atom. The summed E-state index contributed by atoms with van der Waals surface area (Å²) in [7, 11) is -2.57. The third-order valence-corrected chi connectivity index (χ3v) is 5.15. The van der Waals surface area contributed by atoms with Crippen molar-refractivity contribution in [2.24, 2.45) is 0 Å². The average Bonchev–Trinajstić information content (AvgIpc) is 2.37. The van der Waals surface area contributed by atoms with Crippen LogP contribution in [0.2, 0.25) is 0 Å². The Hall–Kier alpha value is -0.930. The smallest absolute Gasteiger partial charge is 0.324 e. The van der Waals surface area contributed by atoms with Crippen molar-refractivity contribution in [2.75, 3.05) is 7.11 Å². The molecule has 7 heteroatoms. The van der Waals surface area contributed by atoms with Gasteiger partial charge in [0.15, 0.2) is 0 Å². The zero-order valence-corrected chi connectivity index (χ0v) is 13.3. The number of methoxy groups -OCH3 is 1. The van der Waals surface area contributed by atoms with Gasteiger partial charge in [-0.15, -0.1) is 6.58 Å². The summed E-state index contributed by atoms with van der Waals surface area (Å²) < 4.78 is 31.9. The molecule has 5 nitrogen and oxygen atoms in total. The number of carbonyl (C=O) groups excluding carboxylic acids is 1. The van der Waals surface area contributed by atoms with Crippen molar-refractivity contribution in [1.82, 2.24) is 4.72 Å². The van der Waals surface area contributed by atoms with E-state index in [9.17, 15) is 13.2 Å². The van der Waals surface area contributed by atoms with Gasteiger partial charge in [-0.2, -0.15) is 4.72 Å². The predicted molar refractivity (Wildman–Crippen MR) is 80.1 cm³/mol. The van der Waals surface area contributed by atoms with Crippen molar-refractivity contribution in [3.05, 3.63) is 40.5 Å². The predicted octanol–water partition coefficient (Wildman–Crippen LogP) is 1.69. The van der Waals surface area contributed by atoms with Gasteiger partial charge in [-0.25, -0.2) is 8.42 Å². The second-order valence-electron chi connectivity index (χ2n) is 3.65. The third-order valence-electron chi connectivity index (χ3n) is 2.31. The third kappa shape index (κ3) is 4.29. The van der Waals surface area contributed by atoms with Crippen molar-refractivity contribution in [2.45, 2.75) is 17.4 Å². The molecule has 0 aliphatic heterocycles. The lowest BCUT2D eigenvalue weighted by molar-refractivity contribution is -0.142. The number of halogens is 1. The van der Waals surface area contributed by atoms with Crippen LogP contribution in [-0.2, 0) is 19.6 Å². The maximum Gasteiger partial charge on any atom is 0.324 e. The Labute approximate surface area is 126 Å². The van der Waals surface area contributed by atoms with Gasteiger partial charge in [-0.1, -0.05) is 18.2 Å². The summed E-state index contributed by atoms with van der Waals surface area (Å²) in [5.74, 6) is -0.644. The molecule has 1 unspecified atom stereocenters. The summed E-state index contributed by atoms with van der Waals surface area (Å²) in [4.78, 5) is 11.6.